The van der Waals surface area contributed by atoms with Crippen LogP contribution in [-0.4, -0.2) is 73.8 Å². The Hall–Kier alpha value is -2.35. The molecule has 2 saturated heterocycles. The fraction of sp³-hybridized carbons (Fsp3) is 0.556. The highest BCUT2D eigenvalue weighted by molar-refractivity contribution is 5.78. The molecular formula is C18H24FN3O4. The molecule has 3 amide bonds. The Balaban J connectivity index is 1.39. The lowest BCUT2D eigenvalue weighted by molar-refractivity contribution is -0.146. The van der Waals surface area contributed by atoms with Crippen LogP contribution in [0.15, 0.2) is 24.3 Å². The molecule has 3 rings (SSSR count). The molecule has 0 spiro atoms. The number of para-hydroxylation sites is 1. The van der Waals surface area contributed by atoms with Gasteiger partial charge in [-0.05, 0) is 12.1 Å². The Morgan fingerprint density at radius 3 is 2.77 bits per heavy atom. The lowest BCUT2D eigenvalue weighted by Crippen LogP contribution is -2.52. The number of nitrogens with one attached hydrogen (secondary N) is 1. The maximum absolute atomic E-state index is 13.6. The van der Waals surface area contributed by atoms with Crippen LogP contribution in [0.2, 0.25) is 0 Å². The molecule has 1 aromatic carbocycles. The summed E-state index contributed by atoms with van der Waals surface area (Å²) in [5, 5.41) is 2.85. The molecular weight excluding hydrogens is 341 g/mol. The Labute approximate surface area is 152 Å². The number of benzene rings is 1. The van der Waals surface area contributed by atoms with E-state index in [1.807, 2.05) is 0 Å². The summed E-state index contributed by atoms with van der Waals surface area (Å²) in [6.45, 7) is 1.99. The monoisotopic (exact) mass is 365 g/mol. The SMILES string of the molecule is CN1CC(CNC(=O)N2CCC(Oc3ccccc3F)CC2)OCC1=O. The topological polar surface area (TPSA) is 71.1 Å². The smallest absolute Gasteiger partial charge is 0.317 e. The van der Waals surface area contributed by atoms with Gasteiger partial charge < -0.3 is 24.6 Å². The molecule has 0 saturated carbocycles. The van der Waals surface area contributed by atoms with Crippen LogP contribution in [0.3, 0.4) is 0 Å². The lowest BCUT2D eigenvalue weighted by atomic mass is 10.1. The van der Waals surface area contributed by atoms with E-state index in [9.17, 15) is 14.0 Å². The van der Waals surface area contributed by atoms with Crippen LogP contribution in [0.4, 0.5) is 9.18 Å². The number of piperidine rings is 1. The standard InChI is InChI=1S/C18H24FN3O4/c1-21-11-14(25-12-17(21)23)10-20-18(24)22-8-6-13(7-9-22)26-16-5-3-2-4-15(16)19/h2-5,13-14H,6-12H2,1H3,(H,20,24). The molecule has 0 aliphatic carbocycles. The zero-order chi connectivity index (χ0) is 18.5. The van der Waals surface area contributed by atoms with E-state index >= 15 is 0 Å². The van der Waals surface area contributed by atoms with Crippen molar-refractivity contribution >= 4 is 11.9 Å². The number of likely N-dealkylation sites (tertiary alicyclic amines) is 1. The van der Waals surface area contributed by atoms with Gasteiger partial charge in [-0.25, -0.2) is 9.18 Å². The van der Waals surface area contributed by atoms with Crippen molar-refractivity contribution in [3.63, 3.8) is 0 Å². The molecule has 8 heteroatoms. The van der Waals surface area contributed by atoms with E-state index in [2.05, 4.69) is 5.32 Å². The molecule has 2 heterocycles. The highest BCUT2D eigenvalue weighted by atomic mass is 19.1. The second-order valence-electron chi connectivity index (χ2n) is 6.63. The molecule has 1 atom stereocenters. The molecule has 2 fully saturated rings. The number of hydrogen-bond acceptors (Lipinski definition) is 4. The van der Waals surface area contributed by atoms with Gasteiger partial charge in [0.05, 0.1) is 6.10 Å². The van der Waals surface area contributed by atoms with Gasteiger partial charge in [-0.1, -0.05) is 12.1 Å². The van der Waals surface area contributed by atoms with Crippen molar-refractivity contribution in [2.45, 2.75) is 25.0 Å². The van der Waals surface area contributed by atoms with Crippen molar-refractivity contribution in [3.05, 3.63) is 30.1 Å². The molecule has 2 aliphatic rings. The van der Waals surface area contributed by atoms with E-state index in [-0.39, 0.29) is 42.3 Å². The van der Waals surface area contributed by atoms with Crippen LogP contribution >= 0.6 is 0 Å². The van der Waals surface area contributed by atoms with E-state index in [1.165, 1.54) is 6.07 Å². The Morgan fingerprint density at radius 2 is 2.08 bits per heavy atom. The van der Waals surface area contributed by atoms with Gasteiger partial charge in [0.25, 0.3) is 0 Å². The fourth-order valence-electron chi connectivity index (χ4n) is 3.09. The Morgan fingerprint density at radius 1 is 1.35 bits per heavy atom. The number of hydrogen-bond donors (Lipinski definition) is 1. The summed E-state index contributed by atoms with van der Waals surface area (Å²) in [5.41, 5.74) is 0. The van der Waals surface area contributed by atoms with E-state index in [0.717, 1.165) is 0 Å². The second kappa shape index (κ2) is 8.35. The summed E-state index contributed by atoms with van der Waals surface area (Å²) < 4.78 is 24.8. The summed E-state index contributed by atoms with van der Waals surface area (Å²) in [5.74, 6) is -0.170. The minimum atomic E-state index is -0.372. The number of carbonyl (C=O) groups is 2. The Bertz CT molecular complexity index is 649. The molecule has 0 radical (unpaired) electrons. The van der Waals surface area contributed by atoms with Gasteiger partial charge in [0, 0.05) is 46.1 Å². The van der Waals surface area contributed by atoms with E-state index in [0.29, 0.717) is 39.0 Å². The number of carbonyl (C=O) groups excluding carboxylic acids is 2. The highest BCUT2D eigenvalue weighted by Gasteiger charge is 2.27. The zero-order valence-corrected chi connectivity index (χ0v) is 14.8. The summed E-state index contributed by atoms with van der Waals surface area (Å²) in [7, 11) is 1.72. The van der Waals surface area contributed by atoms with E-state index in [1.54, 1.807) is 35.0 Å². The van der Waals surface area contributed by atoms with Gasteiger partial charge in [-0.15, -0.1) is 0 Å². The summed E-state index contributed by atoms with van der Waals surface area (Å²) >= 11 is 0. The number of amides is 3. The first-order valence-corrected chi connectivity index (χ1v) is 8.82. The summed E-state index contributed by atoms with van der Waals surface area (Å²) in [6, 6.07) is 6.19. The minimum Gasteiger partial charge on any atom is -0.487 e. The molecule has 1 unspecified atom stereocenters. The van der Waals surface area contributed by atoms with Crippen molar-refractivity contribution in [1.29, 1.82) is 0 Å². The van der Waals surface area contributed by atoms with Gasteiger partial charge in [0.1, 0.15) is 12.7 Å². The fourth-order valence-corrected chi connectivity index (χ4v) is 3.09. The zero-order valence-electron chi connectivity index (χ0n) is 14.8. The molecule has 2 aliphatic heterocycles. The predicted octanol–water partition coefficient (Wildman–Crippen LogP) is 1.24. The largest absolute Gasteiger partial charge is 0.487 e. The average molecular weight is 365 g/mol. The van der Waals surface area contributed by atoms with E-state index < -0.39 is 0 Å². The second-order valence-corrected chi connectivity index (χ2v) is 6.63. The maximum atomic E-state index is 13.6. The van der Waals surface area contributed by atoms with Gasteiger partial charge in [0.15, 0.2) is 11.6 Å². The number of nitrogens with zero attached hydrogens (tertiary/aromatic N) is 2. The molecule has 142 valence electrons. The summed E-state index contributed by atoms with van der Waals surface area (Å²) in [6.07, 6.45) is 1.01. The number of halogens is 1. The molecule has 0 bridgehead atoms. The van der Waals surface area contributed by atoms with Crippen molar-refractivity contribution in [3.8, 4) is 5.75 Å². The molecule has 0 aromatic heterocycles. The molecule has 1 aromatic rings. The Kier molecular flexibility index (Phi) is 5.92. The number of likely N-dealkylation sites (N-methyl/N-ethyl adjacent to an activating group) is 1. The van der Waals surface area contributed by atoms with Gasteiger partial charge in [-0.2, -0.15) is 0 Å². The molecule has 1 N–H and O–H groups in total. The van der Waals surface area contributed by atoms with Crippen LogP contribution in [0.5, 0.6) is 5.75 Å². The van der Waals surface area contributed by atoms with Gasteiger partial charge in [0.2, 0.25) is 5.91 Å². The van der Waals surface area contributed by atoms with Crippen LogP contribution in [-0.2, 0) is 9.53 Å². The maximum Gasteiger partial charge on any atom is 0.317 e. The van der Waals surface area contributed by atoms with E-state index in [4.69, 9.17) is 9.47 Å². The number of rotatable bonds is 4. The van der Waals surface area contributed by atoms with Gasteiger partial charge in [-0.3, -0.25) is 4.79 Å². The summed E-state index contributed by atoms with van der Waals surface area (Å²) in [4.78, 5) is 27.0. The third-order valence-corrected chi connectivity index (χ3v) is 4.69. The quantitative estimate of drug-likeness (QED) is 0.871. The minimum absolute atomic E-state index is 0.0514. The first kappa shape index (κ1) is 18.4. The average Bonchev–Trinajstić information content (AvgIpc) is 2.65. The molecule has 26 heavy (non-hydrogen) atoms. The number of ether oxygens (including phenoxy) is 2. The molecule has 7 nitrogen and oxygen atoms in total. The number of morpholine rings is 1. The van der Waals surface area contributed by atoms with Crippen LogP contribution in [0, 0.1) is 5.82 Å². The van der Waals surface area contributed by atoms with Crippen molar-refractivity contribution in [2.75, 3.05) is 39.8 Å². The lowest BCUT2D eigenvalue weighted by Gasteiger charge is -2.33. The van der Waals surface area contributed by atoms with Crippen LogP contribution in [0.25, 0.3) is 0 Å². The normalized spacial score (nSPS) is 21.6. The third-order valence-electron chi connectivity index (χ3n) is 4.69. The first-order chi connectivity index (χ1) is 12.5. The number of urea groups is 1. The van der Waals surface area contributed by atoms with Crippen molar-refractivity contribution < 1.29 is 23.5 Å². The first-order valence-electron chi connectivity index (χ1n) is 8.82. The van der Waals surface area contributed by atoms with Crippen LogP contribution < -0.4 is 10.1 Å². The predicted molar refractivity (Wildman–Crippen MR) is 92.4 cm³/mol. The van der Waals surface area contributed by atoms with Crippen LogP contribution in [0.1, 0.15) is 12.8 Å². The van der Waals surface area contributed by atoms with Crippen molar-refractivity contribution in [2.24, 2.45) is 0 Å². The van der Waals surface area contributed by atoms with Gasteiger partial charge >= 0.3 is 6.03 Å². The van der Waals surface area contributed by atoms with Crippen molar-refractivity contribution in [1.82, 2.24) is 15.1 Å². The highest BCUT2D eigenvalue weighted by Crippen LogP contribution is 2.21. The third kappa shape index (κ3) is 4.63.